The second-order valence-electron chi connectivity index (χ2n) is 6.97. The van der Waals surface area contributed by atoms with Crippen LogP contribution in [0.15, 0.2) is 64.5 Å². The number of benzene rings is 3. The summed E-state index contributed by atoms with van der Waals surface area (Å²) >= 11 is 7.35. The van der Waals surface area contributed by atoms with Gasteiger partial charge in [0, 0.05) is 10.8 Å². The molecule has 0 saturated carbocycles. The van der Waals surface area contributed by atoms with Crippen molar-refractivity contribution in [3.05, 3.63) is 81.4 Å². The molecule has 0 radical (unpaired) electrons. The quantitative estimate of drug-likeness (QED) is 0.254. The van der Waals surface area contributed by atoms with Crippen LogP contribution in [0.25, 0.3) is 16.6 Å². The summed E-state index contributed by atoms with van der Waals surface area (Å²) in [6, 6.07) is 14.7. The van der Waals surface area contributed by atoms with E-state index >= 15 is 0 Å². The van der Waals surface area contributed by atoms with E-state index in [9.17, 15) is 9.18 Å². The molecule has 0 aliphatic rings. The molecule has 6 nitrogen and oxygen atoms in total. The van der Waals surface area contributed by atoms with E-state index in [0.717, 1.165) is 5.56 Å². The van der Waals surface area contributed by atoms with E-state index in [2.05, 4.69) is 0 Å². The lowest BCUT2D eigenvalue weighted by Gasteiger charge is -2.17. The smallest absolute Gasteiger partial charge is 0.266 e. The molecule has 33 heavy (non-hydrogen) atoms. The number of hydrogen-bond donors (Lipinski definition) is 0. The molecule has 0 N–H and O–H groups in total. The molecular weight excluding hydrogens is 467 g/mol. The van der Waals surface area contributed by atoms with Crippen molar-refractivity contribution < 1.29 is 18.6 Å². The largest absolute Gasteiger partial charge is 0.493 e. The summed E-state index contributed by atoms with van der Waals surface area (Å²) < 4.78 is 31.4. The number of ether oxygens (including phenoxy) is 3. The van der Waals surface area contributed by atoms with Gasteiger partial charge in [-0.05, 0) is 48.0 Å². The maximum Gasteiger partial charge on any atom is 0.266 e. The third kappa shape index (κ3) is 4.49. The van der Waals surface area contributed by atoms with Crippen molar-refractivity contribution in [3.8, 4) is 22.9 Å². The van der Waals surface area contributed by atoms with E-state index in [4.69, 9.17) is 30.8 Å². The second-order valence-corrected chi connectivity index (χ2v) is 8.35. The molecule has 0 amide bonds. The molecule has 4 aromatic rings. The van der Waals surface area contributed by atoms with E-state index in [0.29, 0.717) is 44.4 Å². The van der Waals surface area contributed by atoms with Gasteiger partial charge < -0.3 is 14.2 Å². The van der Waals surface area contributed by atoms with E-state index in [1.54, 1.807) is 18.2 Å². The van der Waals surface area contributed by atoms with Gasteiger partial charge in [-0.2, -0.15) is 0 Å². The van der Waals surface area contributed by atoms with Gasteiger partial charge in [-0.15, -0.1) is 0 Å². The van der Waals surface area contributed by atoms with E-state index in [-0.39, 0.29) is 10.9 Å². The van der Waals surface area contributed by atoms with Crippen LogP contribution in [0.3, 0.4) is 0 Å². The molecule has 0 bridgehead atoms. The van der Waals surface area contributed by atoms with E-state index < -0.39 is 5.82 Å². The molecular formula is C24H20ClFN2O4S. The topological polar surface area (TPSA) is 62.6 Å². The minimum Gasteiger partial charge on any atom is -0.493 e. The van der Waals surface area contributed by atoms with Crippen LogP contribution >= 0.6 is 23.4 Å². The van der Waals surface area contributed by atoms with Crippen LogP contribution in [0.1, 0.15) is 5.56 Å². The summed E-state index contributed by atoms with van der Waals surface area (Å²) in [6.45, 7) is 0. The lowest BCUT2D eigenvalue weighted by atomic mass is 10.2. The minimum atomic E-state index is -0.399. The molecule has 4 rings (SSSR count). The standard InChI is InChI=1S/C24H20ClFN2O4S/c1-30-19-12-18-20(22(32-3)21(19)31-2)27-24(33-13-14-4-6-15(25)7-5-14)28(23(18)29)17-10-8-16(26)9-11-17/h4-12H,13H2,1-3H3. The maximum absolute atomic E-state index is 13.7. The molecule has 0 aliphatic heterocycles. The molecule has 0 atom stereocenters. The summed E-state index contributed by atoms with van der Waals surface area (Å²) in [6.07, 6.45) is 0. The summed E-state index contributed by atoms with van der Waals surface area (Å²) in [5.74, 6) is 1.11. The van der Waals surface area contributed by atoms with Crippen LogP contribution in [0.5, 0.6) is 17.2 Å². The number of rotatable bonds is 7. The fourth-order valence-corrected chi connectivity index (χ4v) is 4.50. The Morgan fingerprint density at radius 2 is 1.64 bits per heavy atom. The number of hydrogen-bond acceptors (Lipinski definition) is 6. The predicted octanol–water partition coefficient (Wildman–Crippen LogP) is 5.50. The Balaban J connectivity index is 1.95. The Hall–Kier alpha value is -3.23. The third-order valence-electron chi connectivity index (χ3n) is 5.00. The molecule has 0 aliphatic carbocycles. The highest BCUT2D eigenvalue weighted by Crippen LogP contribution is 2.42. The Kier molecular flexibility index (Phi) is 6.76. The highest BCUT2D eigenvalue weighted by atomic mass is 35.5. The molecule has 0 fully saturated rings. The first-order chi connectivity index (χ1) is 16.0. The fraction of sp³-hybridized carbons (Fsp3) is 0.167. The summed E-state index contributed by atoms with van der Waals surface area (Å²) in [5.41, 5.74) is 1.49. The summed E-state index contributed by atoms with van der Waals surface area (Å²) in [5, 5.41) is 1.34. The molecule has 0 unspecified atom stereocenters. The Morgan fingerprint density at radius 1 is 0.970 bits per heavy atom. The van der Waals surface area contributed by atoms with Crippen LogP contribution in [-0.4, -0.2) is 30.9 Å². The number of thioether (sulfide) groups is 1. The molecule has 0 saturated heterocycles. The zero-order valence-corrected chi connectivity index (χ0v) is 19.7. The number of fused-ring (bicyclic) bond motifs is 1. The van der Waals surface area contributed by atoms with E-state index in [1.807, 2.05) is 12.1 Å². The van der Waals surface area contributed by atoms with Crippen molar-refractivity contribution in [2.24, 2.45) is 0 Å². The van der Waals surface area contributed by atoms with Crippen molar-refractivity contribution >= 4 is 34.3 Å². The van der Waals surface area contributed by atoms with Crippen molar-refractivity contribution in [2.45, 2.75) is 10.9 Å². The van der Waals surface area contributed by atoms with Gasteiger partial charge in [0.2, 0.25) is 5.75 Å². The summed E-state index contributed by atoms with van der Waals surface area (Å²) in [7, 11) is 4.44. The first-order valence-corrected chi connectivity index (χ1v) is 11.2. The lowest BCUT2D eigenvalue weighted by Crippen LogP contribution is -2.22. The lowest BCUT2D eigenvalue weighted by molar-refractivity contribution is 0.326. The van der Waals surface area contributed by atoms with Crippen molar-refractivity contribution in [3.63, 3.8) is 0 Å². The van der Waals surface area contributed by atoms with Gasteiger partial charge in [0.15, 0.2) is 16.7 Å². The van der Waals surface area contributed by atoms with Crippen molar-refractivity contribution in [2.75, 3.05) is 21.3 Å². The molecule has 1 aromatic heterocycles. The monoisotopic (exact) mass is 486 g/mol. The Bertz CT molecular complexity index is 1360. The van der Waals surface area contributed by atoms with E-state index in [1.165, 1.54) is 61.9 Å². The van der Waals surface area contributed by atoms with Crippen LogP contribution in [0.2, 0.25) is 5.02 Å². The van der Waals surface area contributed by atoms with Crippen molar-refractivity contribution in [1.29, 1.82) is 0 Å². The normalized spacial score (nSPS) is 10.9. The van der Waals surface area contributed by atoms with Gasteiger partial charge in [-0.3, -0.25) is 9.36 Å². The summed E-state index contributed by atoms with van der Waals surface area (Å²) in [4.78, 5) is 18.4. The number of nitrogens with zero attached hydrogens (tertiary/aromatic N) is 2. The number of halogens is 2. The molecule has 170 valence electrons. The zero-order valence-electron chi connectivity index (χ0n) is 18.1. The van der Waals surface area contributed by atoms with Crippen molar-refractivity contribution in [1.82, 2.24) is 9.55 Å². The minimum absolute atomic E-state index is 0.282. The van der Waals surface area contributed by atoms with Gasteiger partial charge >= 0.3 is 0 Å². The predicted molar refractivity (Wildman–Crippen MR) is 128 cm³/mol. The Morgan fingerprint density at radius 3 is 2.24 bits per heavy atom. The maximum atomic E-state index is 13.7. The Labute approximate surface area is 198 Å². The van der Waals surface area contributed by atoms with Crippen LogP contribution < -0.4 is 19.8 Å². The molecule has 3 aromatic carbocycles. The first kappa shape index (κ1) is 22.9. The number of methoxy groups -OCH3 is 3. The van der Waals surface area contributed by atoms with Gasteiger partial charge in [0.25, 0.3) is 5.56 Å². The zero-order chi connectivity index (χ0) is 23.5. The highest BCUT2D eigenvalue weighted by Gasteiger charge is 2.22. The molecule has 1 heterocycles. The van der Waals surface area contributed by atoms with Crippen LogP contribution in [0.4, 0.5) is 4.39 Å². The number of aromatic nitrogens is 2. The average Bonchev–Trinajstić information content (AvgIpc) is 2.83. The van der Waals surface area contributed by atoms with Crippen LogP contribution in [-0.2, 0) is 5.75 Å². The fourth-order valence-electron chi connectivity index (χ4n) is 3.41. The van der Waals surface area contributed by atoms with Gasteiger partial charge in [-0.25, -0.2) is 9.37 Å². The van der Waals surface area contributed by atoms with Gasteiger partial charge in [0.05, 0.1) is 32.4 Å². The van der Waals surface area contributed by atoms with Crippen LogP contribution in [0, 0.1) is 5.82 Å². The SMILES string of the molecule is COc1cc2c(=O)n(-c3ccc(F)cc3)c(SCc3ccc(Cl)cc3)nc2c(OC)c1OC. The average molecular weight is 487 g/mol. The molecule has 0 spiro atoms. The third-order valence-corrected chi connectivity index (χ3v) is 6.26. The highest BCUT2D eigenvalue weighted by molar-refractivity contribution is 7.98. The van der Waals surface area contributed by atoms with Gasteiger partial charge in [0.1, 0.15) is 11.3 Å². The molecule has 9 heteroatoms. The van der Waals surface area contributed by atoms with Gasteiger partial charge in [-0.1, -0.05) is 35.5 Å². The first-order valence-electron chi connectivity index (χ1n) is 9.85. The second kappa shape index (κ2) is 9.72.